The third-order valence-corrected chi connectivity index (χ3v) is 4.86. The molecule has 2 aromatic rings. The molecule has 25 heavy (non-hydrogen) atoms. The first-order valence-electron chi connectivity index (χ1n) is 7.73. The smallest absolute Gasteiger partial charge is 0.191 e. The molecule has 0 saturated carbocycles. The van der Waals surface area contributed by atoms with Crippen molar-refractivity contribution < 1.29 is 8.78 Å². The van der Waals surface area contributed by atoms with Gasteiger partial charge in [0.15, 0.2) is 17.6 Å². The number of aromatic nitrogens is 1. The molecule has 0 saturated heterocycles. The van der Waals surface area contributed by atoms with Crippen LogP contribution in [0.2, 0.25) is 0 Å². The number of halogens is 3. The number of rotatable bonds is 5. The van der Waals surface area contributed by atoms with Crippen molar-refractivity contribution in [1.29, 1.82) is 0 Å². The zero-order valence-corrected chi connectivity index (χ0v) is 17.8. The van der Waals surface area contributed by atoms with Crippen molar-refractivity contribution in [3.8, 4) is 0 Å². The van der Waals surface area contributed by atoms with E-state index in [0.717, 1.165) is 22.3 Å². The second-order valence-electron chi connectivity index (χ2n) is 5.63. The van der Waals surface area contributed by atoms with E-state index in [2.05, 4.69) is 20.6 Å². The van der Waals surface area contributed by atoms with E-state index >= 15 is 0 Å². The van der Waals surface area contributed by atoms with Gasteiger partial charge in [-0.25, -0.2) is 13.8 Å². The lowest BCUT2D eigenvalue weighted by molar-refractivity contribution is 0.505. The van der Waals surface area contributed by atoms with Crippen LogP contribution >= 0.6 is 35.3 Å². The third kappa shape index (κ3) is 6.18. The van der Waals surface area contributed by atoms with E-state index in [1.807, 2.05) is 20.8 Å². The van der Waals surface area contributed by atoms with E-state index in [9.17, 15) is 8.78 Å². The number of hydrogen-bond donors (Lipinski definition) is 2. The van der Waals surface area contributed by atoms with E-state index in [1.54, 1.807) is 24.5 Å². The van der Waals surface area contributed by atoms with Crippen molar-refractivity contribution in [3.05, 3.63) is 51.0 Å². The average molecular weight is 480 g/mol. The van der Waals surface area contributed by atoms with Gasteiger partial charge in [0, 0.05) is 18.5 Å². The maximum absolute atomic E-state index is 13.3. The van der Waals surface area contributed by atoms with Crippen LogP contribution in [-0.4, -0.2) is 24.5 Å². The van der Waals surface area contributed by atoms with Crippen molar-refractivity contribution in [2.45, 2.75) is 33.2 Å². The van der Waals surface area contributed by atoms with Crippen molar-refractivity contribution in [2.75, 3.05) is 13.6 Å². The highest BCUT2D eigenvalue weighted by molar-refractivity contribution is 14.0. The molecule has 4 nitrogen and oxygen atoms in total. The molecule has 2 rings (SSSR count). The van der Waals surface area contributed by atoms with Crippen LogP contribution in [0.1, 0.15) is 34.0 Å². The first kappa shape index (κ1) is 21.8. The molecule has 0 amide bonds. The number of hydrogen-bond acceptors (Lipinski definition) is 3. The lowest BCUT2D eigenvalue weighted by Gasteiger charge is -2.16. The Labute approximate surface area is 168 Å². The zero-order chi connectivity index (χ0) is 17.7. The molecule has 0 aliphatic heterocycles. The van der Waals surface area contributed by atoms with Gasteiger partial charge in [-0.15, -0.1) is 35.3 Å². The first-order chi connectivity index (χ1) is 11.4. The van der Waals surface area contributed by atoms with E-state index in [0.29, 0.717) is 19.0 Å². The Bertz CT molecular complexity index is 714. The zero-order valence-electron chi connectivity index (χ0n) is 14.7. The molecule has 1 heterocycles. The summed E-state index contributed by atoms with van der Waals surface area (Å²) >= 11 is 1.66. The van der Waals surface area contributed by atoms with Crippen LogP contribution in [0, 0.1) is 25.5 Å². The van der Waals surface area contributed by atoms with Gasteiger partial charge in [-0.3, -0.25) is 4.99 Å². The summed E-state index contributed by atoms with van der Waals surface area (Å²) in [4.78, 5) is 9.85. The normalized spacial score (nSPS) is 12.5. The fraction of sp³-hybridized carbons (Fsp3) is 0.412. The summed E-state index contributed by atoms with van der Waals surface area (Å²) < 4.78 is 26.3. The lowest BCUT2D eigenvalue weighted by Crippen LogP contribution is -2.38. The third-order valence-electron chi connectivity index (χ3n) is 3.79. The highest BCUT2D eigenvalue weighted by Gasteiger charge is 2.10. The summed E-state index contributed by atoms with van der Waals surface area (Å²) in [5.41, 5.74) is 1.79. The summed E-state index contributed by atoms with van der Waals surface area (Å²) in [5.74, 6) is -0.986. The van der Waals surface area contributed by atoms with Crippen LogP contribution < -0.4 is 10.6 Å². The summed E-state index contributed by atoms with van der Waals surface area (Å²) in [6, 6.07) is 3.99. The molecule has 2 N–H and O–H groups in total. The molecule has 0 bridgehead atoms. The fourth-order valence-electron chi connectivity index (χ4n) is 2.18. The Kier molecular flexibility index (Phi) is 8.70. The van der Waals surface area contributed by atoms with Crippen molar-refractivity contribution in [1.82, 2.24) is 15.6 Å². The second-order valence-corrected chi connectivity index (χ2v) is 6.92. The molecule has 138 valence electrons. The number of aryl methyl sites for hydroxylation is 2. The minimum atomic E-state index is -0.828. The van der Waals surface area contributed by atoms with Crippen molar-refractivity contribution >= 4 is 41.3 Å². The van der Waals surface area contributed by atoms with Crippen LogP contribution in [0.25, 0.3) is 0 Å². The molecular weight excluding hydrogens is 457 g/mol. The molecule has 1 aromatic carbocycles. The highest BCUT2D eigenvalue weighted by Crippen LogP contribution is 2.18. The van der Waals surface area contributed by atoms with Crippen LogP contribution in [0.5, 0.6) is 0 Å². The number of guanidine groups is 1. The van der Waals surface area contributed by atoms with Crippen LogP contribution in [0.3, 0.4) is 0 Å². The van der Waals surface area contributed by atoms with Crippen LogP contribution in [0.15, 0.2) is 23.2 Å². The number of thiazole rings is 1. The number of aliphatic imine (C=N–C) groups is 1. The molecule has 8 heteroatoms. The molecule has 0 spiro atoms. The highest BCUT2D eigenvalue weighted by atomic mass is 127. The lowest BCUT2D eigenvalue weighted by atomic mass is 10.0. The van der Waals surface area contributed by atoms with Crippen LogP contribution in [-0.2, 0) is 6.54 Å². The fourth-order valence-corrected chi connectivity index (χ4v) is 3.05. The largest absolute Gasteiger partial charge is 0.356 e. The molecule has 0 fully saturated rings. The maximum Gasteiger partial charge on any atom is 0.191 e. The monoisotopic (exact) mass is 480 g/mol. The SMILES string of the molecule is CN=C(NCc1nc(C)c(C)s1)NCC(C)c1ccc(F)c(F)c1.I. The minimum absolute atomic E-state index is 0. The van der Waals surface area contributed by atoms with Gasteiger partial charge >= 0.3 is 0 Å². The van der Waals surface area contributed by atoms with Crippen molar-refractivity contribution in [3.63, 3.8) is 0 Å². The van der Waals surface area contributed by atoms with Gasteiger partial charge in [0.25, 0.3) is 0 Å². The predicted molar refractivity (Wildman–Crippen MR) is 110 cm³/mol. The molecule has 1 atom stereocenters. The van der Waals surface area contributed by atoms with Gasteiger partial charge in [-0.05, 0) is 37.5 Å². The van der Waals surface area contributed by atoms with Crippen LogP contribution in [0.4, 0.5) is 8.78 Å². The molecule has 0 radical (unpaired) electrons. The van der Waals surface area contributed by atoms with Gasteiger partial charge in [0.1, 0.15) is 5.01 Å². The van der Waals surface area contributed by atoms with E-state index < -0.39 is 11.6 Å². The van der Waals surface area contributed by atoms with Gasteiger partial charge in [0.2, 0.25) is 0 Å². The Morgan fingerprint density at radius 1 is 1.24 bits per heavy atom. The summed E-state index contributed by atoms with van der Waals surface area (Å²) in [5, 5.41) is 7.40. The maximum atomic E-state index is 13.3. The predicted octanol–water partition coefficient (Wildman–Crippen LogP) is 4.12. The molecule has 1 unspecified atom stereocenters. The number of benzene rings is 1. The summed E-state index contributed by atoms with van der Waals surface area (Å²) in [6.45, 7) is 7.14. The first-order valence-corrected chi connectivity index (χ1v) is 8.54. The van der Waals surface area contributed by atoms with E-state index in [1.165, 1.54) is 10.9 Å². The Morgan fingerprint density at radius 2 is 1.96 bits per heavy atom. The number of nitrogens with zero attached hydrogens (tertiary/aromatic N) is 2. The Morgan fingerprint density at radius 3 is 2.52 bits per heavy atom. The quantitative estimate of drug-likeness (QED) is 0.385. The van der Waals surface area contributed by atoms with E-state index in [-0.39, 0.29) is 29.9 Å². The molecule has 0 aliphatic carbocycles. The molecular formula is C17H23F2IN4S. The second kappa shape index (κ2) is 10.0. The van der Waals surface area contributed by atoms with Gasteiger partial charge < -0.3 is 10.6 Å². The number of nitrogens with one attached hydrogen (secondary N) is 2. The van der Waals surface area contributed by atoms with Gasteiger partial charge in [-0.1, -0.05) is 13.0 Å². The summed E-state index contributed by atoms with van der Waals surface area (Å²) in [6.07, 6.45) is 0. The van der Waals surface area contributed by atoms with Gasteiger partial charge in [-0.2, -0.15) is 0 Å². The minimum Gasteiger partial charge on any atom is -0.356 e. The van der Waals surface area contributed by atoms with E-state index in [4.69, 9.17) is 0 Å². The van der Waals surface area contributed by atoms with Gasteiger partial charge in [0.05, 0.1) is 12.2 Å². The Hall–Kier alpha value is -1.29. The molecule has 1 aromatic heterocycles. The van der Waals surface area contributed by atoms with Crippen molar-refractivity contribution in [2.24, 2.45) is 4.99 Å². The standard InChI is InChI=1S/C17H22F2N4S.HI/c1-10(13-5-6-14(18)15(19)7-13)8-21-17(20-4)22-9-16-23-11(2)12(3)24-16;/h5-7,10H,8-9H2,1-4H3,(H2,20,21,22);1H. The molecule has 0 aliphatic rings. The average Bonchev–Trinajstić information content (AvgIpc) is 2.88. The Balaban J connectivity index is 0.00000312. The topological polar surface area (TPSA) is 49.3 Å². The summed E-state index contributed by atoms with van der Waals surface area (Å²) in [7, 11) is 1.69.